The third-order valence-electron chi connectivity index (χ3n) is 3.29. The van der Waals surface area contributed by atoms with Crippen LogP contribution in [0, 0.1) is 5.92 Å². The Balaban J connectivity index is 2.15. The molecule has 0 amide bonds. The molecule has 0 saturated carbocycles. The van der Waals surface area contributed by atoms with Crippen LogP contribution in [0.2, 0.25) is 0 Å². The number of rotatable bonds is 2. The monoisotopic (exact) mass is 219 g/mol. The van der Waals surface area contributed by atoms with E-state index in [9.17, 15) is 9.90 Å². The van der Waals surface area contributed by atoms with Crippen LogP contribution in [-0.4, -0.2) is 24.5 Å². The van der Waals surface area contributed by atoms with Crippen molar-refractivity contribution >= 4 is 12.0 Å². The second kappa shape index (κ2) is 4.56. The summed E-state index contributed by atoms with van der Waals surface area (Å²) >= 11 is 0. The van der Waals surface area contributed by atoms with Gasteiger partial charge in [0.05, 0.1) is 5.56 Å². The molecule has 1 fully saturated rings. The summed E-state index contributed by atoms with van der Waals surface area (Å²) in [4.78, 5) is 12.8. The number of hydrogen-bond donors (Lipinski definition) is 1. The Labute approximate surface area is 95.7 Å². The van der Waals surface area contributed by atoms with Gasteiger partial charge < -0.3 is 10.0 Å². The Kier molecular flexibility index (Phi) is 3.13. The number of aldehydes is 1. The van der Waals surface area contributed by atoms with E-state index in [4.69, 9.17) is 0 Å². The summed E-state index contributed by atoms with van der Waals surface area (Å²) in [5.74, 6) is 0.866. The maximum atomic E-state index is 10.6. The van der Waals surface area contributed by atoms with E-state index in [-0.39, 0.29) is 5.75 Å². The van der Waals surface area contributed by atoms with Crippen molar-refractivity contribution in [3.05, 3.63) is 23.8 Å². The lowest BCUT2D eigenvalue weighted by Crippen LogP contribution is -2.32. The molecule has 1 saturated heterocycles. The Morgan fingerprint density at radius 1 is 1.38 bits per heavy atom. The number of piperidine rings is 1. The summed E-state index contributed by atoms with van der Waals surface area (Å²) in [6.45, 7) is 4.33. The van der Waals surface area contributed by atoms with Crippen molar-refractivity contribution < 1.29 is 9.90 Å². The highest BCUT2D eigenvalue weighted by Crippen LogP contribution is 2.27. The van der Waals surface area contributed by atoms with Gasteiger partial charge in [0.1, 0.15) is 5.75 Å². The molecule has 1 aliphatic heterocycles. The molecule has 0 bridgehead atoms. The molecule has 1 aromatic carbocycles. The van der Waals surface area contributed by atoms with Crippen LogP contribution in [0.4, 0.5) is 5.69 Å². The van der Waals surface area contributed by atoms with Gasteiger partial charge in [0.25, 0.3) is 0 Å². The van der Waals surface area contributed by atoms with Gasteiger partial charge in [-0.1, -0.05) is 6.92 Å². The molecule has 86 valence electrons. The van der Waals surface area contributed by atoms with Crippen molar-refractivity contribution in [3.63, 3.8) is 0 Å². The van der Waals surface area contributed by atoms with Crippen LogP contribution < -0.4 is 4.90 Å². The van der Waals surface area contributed by atoms with Crippen LogP contribution in [-0.2, 0) is 0 Å². The molecular weight excluding hydrogens is 202 g/mol. The van der Waals surface area contributed by atoms with Crippen molar-refractivity contribution in [1.29, 1.82) is 0 Å². The Bertz CT molecular complexity index is 382. The first kappa shape index (κ1) is 11.0. The minimum Gasteiger partial charge on any atom is -0.507 e. The minimum atomic E-state index is 0.0751. The number of nitrogens with zero attached hydrogens (tertiary/aromatic N) is 1. The van der Waals surface area contributed by atoms with Crippen molar-refractivity contribution in [1.82, 2.24) is 0 Å². The lowest BCUT2D eigenvalue weighted by Gasteiger charge is -2.32. The van der Waals surface area contributed by atoms with Gasteiger partial charge in [0.2, 0.25) is 0 Å². The van der Waals surface area contributed by atoms with Gasteiger partial charge in [-0.3, -0.25) is 4.79 Å². The van der Waals surface area contributed by atoms with Crippen LogP contribution in [0.5, 0.6) is 5.75 Å². The lowest BCUT2D eigenvalue weighted by molar-refractivity contribution is 0.112. The molecule has 2 rings (SSSR count). The number of benzene rings is 1. The topological polar surface area (TPSA) is 40.5 Å². The minimum absolute atomic E-state index is 0.0751. The van der Waals surface area contributed by atoms with Crippen molar-refractivity contribution in [3.8, 4) is 5.75 Å². The Hall–Kier alpha value is -1.51. The van der Waals surface area contributed by atoms with Crippen molar-refractivity contribution in [2.24, 2.45) is 5.92 Å². The SMILES string of the molecule is CC1CCN(c2ccc(C=O)c(O)c2)CC1. The first-order valence-electron chi connectivity index (χ1n) is 5.74. The first-order chi connectivity index (χ1) is 7.70. The summed E-state index contributed by atoms with van der Waals surface area (Å²) < 4.78 is 0. The number of aromatic hydroxyl groups is 1. The van der Waals surface area contributed by atoms with Gasteiger partial charge in [-0.05, 0) is 30.9 Å². The number of hydrogen-bond acceptors (Lipinski definition) is 3. The molecular formula is C13H17NO2. The van der Waals surface area contributed by atoms with E-state index >= 15 is 0 Å². The molecule has 3 nitrogen and oxygen atoms in total. The van der Waals surface area contributed by atoms with E-state index in [1.165, 1.54) is 12.8 Å². The molecule has 0 spiro atoms. The van der Waals surface area contributed by atoms with Gasteiger partial charge in [0.15, 0.2) is 6.29 Å². The van der Waals surface area contributed by atoms with Gasteiger partial charge >= 0.3 is 0 Å². The van der Waals surface area contributed by atoms with E-state index < -0.39 is 0 Å². The van der Waals surface area contributed by atoms with E-state index in [0.717, 1.165) is 24.7 Å². The standard InChI is InChI=1S/C13H17NO2/c1-10-4-6-14(7-5-10)12-3-2-11(9-15)13(16)8-12/h2-3,8-10,16H,4-7H2,1H3. The van der Waals surface area contributed by atoms with Gasteiger partial charge in [-0.15, -0.1) is 0 Å². The summed E-state index contributed by atoms with van der Waals surface area (Å²) in [5, 5.41) is 9.62. The zero-order chi connectivity index (χ0) is 11.5. The molecule has 0 atom stereocenters. The quantitative estimate of drug-likeness (QED) is 0.777. The molecule has 0 aliphatic carbocycles. The number of anilines is 1. The highest BCUT2D eigenvalue weighted by Gasteiger charge is 2.16. The normalized spacial score (nSPS) is 17.4. The summed E-state index contributed by atoms with van der Waals surface area (Å²) in [5.41, 5.74) is 1.36. The van der Waals surface area contributed by atoms with E-state index in [2.05, 4.69) is 11.8 Å². The van der Waals surface area contributed by atoms with Crippen LogP contribution in [0.3, 0.4) is 0 Å². The summed E-state index contributed by atoms with van der Waals surface area (Å²) in [6, 6.07) is 5.26. The van der Waals surface area contributed by atoms with Crippen LogP contribution in [0.15, 0.2) is 18.2 Å². The molecule has 0 radical (unpaired) electrons. The zero-order valence-corrected chi connectivity index (χ0v) is 9.52. The molecule has 16 heavy (non-hydrogen) atoms. The molecule has 1 aromatic rings. The third-order valence-corrected chi connectivity index (χ3v) is 3.29. The Morgan fingerprint density at radius 3 is 2.62 bits per heavy atom. The fraction of sp³-hybridized carbons (Fsp3) is 0.462. The van der Waals surface area contributed by atoms with Gasteiger partial charge in [-0.25, -0.2) is 0 Å². The van der Waals surface area contributed by atoms with Crippen LogP contribution in [0.1, 0.15) is 30.1 Å². The average Bonchev–Trinajstić information content (AvgIpc) is 2.30. The van der Waals surface area contributed by atoms with Crippen molar-refractivity contribution in [2.45, 2.75) is 19.8 Å². The number of carbonyl (C=O) groups is 1. The number of carbonyl (C=O) groups excluding carboxylic acids is 1. The molecule has 1 N–H and O–H groups in total. The maximum absolute atomic E-state index is 10.6. The van der Waals surface area contributed by atoms with E-state index in [1.54, 1.807) is 12.1 Å². The lowest BCUT2D eigenvalue weighted by atomic mass is 9.98. The van der Waals surface area contributed by atoms with E-state index in [1.807, 2.05) is 6.07 Å². The predicted octanol–water partition coefficient (Wildman–Crippen LogP) is 2.44. The fourth-order valence-electron chi connectivity index (χ4n) is 2.10. The molecule has 3 heteroatoms. The van der Waals surface area contributed by atoms with Gasteiger partial charge in [0, 0.05) is 24.8 Å². The Morgan fingerprint density at radius 2 is 2.06 bits per heavy atom. The summed E-state index contributed by atoms with van der Waals surface area (Å²) in [6.07, 6.45) is 3.06. The fourth-order valence-corrected chi connectivity index (χ4v) is 2.10. The highest BCUT2D eigenvalue weighted by molar-refractivity contribution is 5.80. The van der Waals surface area contributed by atoms with Crippen molar-refractivity contribution in [2.75, 3.05) is 18.0 Å². The third kappa shape index (κ3) is 2.18. The smallest absolute Gasteiger partial charge is 0.153 e. The molecule has 0 unspecified atom stereocenters. The number of phenols is 1. The predicted molar refractivity (Wildman–Crippen MR) is 64.1 cm³/mol. The maximum Gasteiger partial charge on any atom is 0.153 e. The molecule has 1 aliphatic rings. The second-order valence-electron chi connectivity index (χ2n) is 4.53. The average molecular weight is 219 g/mol. The first-order valence-corrected chi connectivity index (χ1v) is 5.74. The van der Waals surface area contributed by atoms with Crippen LogP contribution in [0.25, 0.3) is 0 Å². The van der Waals surface area contributed by atoms with Gasteiger partial charge in [-0.2, -0.15) is 0 Å². The largest absolute Gasteiger partial charge is 0.507 e. The molecule has 1 heterocycles. The zero-order valence-electron chi connectivity index (χ0n) is 9.52. The highest BCUT2D eigenvalue weighted by atomic mass is 16.3. The number of phenolic OH excluding ortho intramolecular Hbond substituents is 1. The summed E-state index contributed by atoms with van der Waals surface area (Å²) in [7, 11) is 0. The van der Waals surface area contributed by atoms with E-state index in [0.29, 0.717) is 11.8 Å². The second-order valence-corrected chi connectivity index (χ2v) is 4.53. The van der Waals surface area contributed by atoms with Crippen LogP contribution >= 0.6 is 0 Å². The molecule has 0 aromatic heterocycles.